The maximum atomic E-state index is 11.2. The van der Waals surface area contributed by atoms with Crippen molar-refractivity contribution in [2.75, 3.05) is 0 Å². The van der Waals surface area contributed by atoms with Crippen LogP contribution in [0.4, 0.5) is 0 Å². The molecule has 0 bridgehead atoms. The highest BCUT2D eigenvalue weighted by atomic mass is 32.1. The molecule has 0 amide bonds. The van der Waals surface area contributed by atoms with Gasteiger partial charge in [-0.2, -0.15) is 0 Å². The van der Waals surface area contributed by atoms with Crippen LogP contribution in [0.1, 0.15) is 30.7 Å². The molecule has 6 nitrogen and oxygen atoms in total. The van der Waals surface area contributed by atoms with E-state index in [9.17, 15) is 9.90 Å². The second-order valence-electron chi connectivity index (χ2n) is 5.76. The fraction of sp³-hybridized carbons (Fsp3) is 0.538. The Morgan fingerprint density at radius 1 is 1.50 bits per heavy atom. The second kappa shape index (κ2) is 4.66. The van der Waals surface area contributed by atoms with Gasteiger partial charge in [0.25, 0.3) is 0 Å². The van der Waals surface area contributed by atoms with E-state index in [2.05, 4.69) is 21.6 Å². The minimum absolute atomic E-state index is 0.257. The molecule has 1 N–H and O–H groups in total. The van der Waals surface area contributed by atoms with Crippen molar-refractivity contribution < 1.29 is 9.90 Å². The zero-order chi connectivity index (χ0) is 14.3. The van der Waals surface area contributed by atoms with Gasteiger partial charge in [0.1, 0.15) is 0 Å². The average Bonchev–Trinajstić information content (AvgIpc) is 3.00. The van der Waals surface area contributed by atoms with E-state index < -0.39 is 11.4 Å². The highest BCUT2D eigenvalue weighted by Crippen LogP contribution is 2.35. The SMILES string of the molecule is CC(C)(Cn1nnnc1-c1cc2c(s1)CCC2)C(=O)O. The number of hydrogen-bond donors (Lipinski definition) is 1. The summed E-state index contributed by atoms with van der Waals surface area (Å²) < 4.78 is 1.59. The lowest BCUT2D eigenvalue weighted by Gasteiger charge is -2.18. The molecule has 0 spiro atoms. The first kappa shape index (κ1) is 13.2. The number of carbonyl (C=O) groups is 1. The predicted octanol–water partition coefficient (Wildman–Crippen LogP) is 2.00. The fourth-order valence-electron chi connectivity index (χ4n) is 2.37. The predicted molar refractivity (Wildman–Crippen MR) is 74.6 cm³/mol. The van der Waals surface area contributed by atoms with Crippen molar-refractivity contribution >= 4 is 17.3 Å². The molecule has 0 saturated carbocycles. The number of rotatable bonds is 4. The third-order valence-corrected chi connectivity index (χ3v) is 4.86. The number of carboxylic acids is 1. The van der Waals surface area contributed by atoms with Gasteiger partial charge in [-0.15, -0.1) is 16.4 Å². The van der Waals surface area contributed by atoms with Crippen LogP contribution in [0.5, 0.6) is 0 Å². The van der Waals surface area contributed by atoms with Crippen molar-refractivity contribution in [2.24, 2.45) is 5.41 Å². The number of nitrogens with zero attached hydrogens (tertiary/aromatic N) is 4. The van der Waals surface area contributed by atoms with Crippen LogP contribution in [0.15, 0.2) is 6.07 Å². The maximum Gasteiger partial charge on any atom is 0.310 e. The van der Waals surface area contributed by atoms with Crippen molar-refractivity contribution in [3.63, 3.8) is 0 Å². The number of aliphatic carboxylic acids is 1. The van der Waals surface area contributed by atoms with Gasteiger partial charge in [0.15, 0.2) is 5.82 Å². The number of hydrogen-bond acceptors (Lipinski definition) is 5. The molecular formula is C13H16N4O2S. The van der Waals surface area contributed by atoms with E-state index in [0.29, 0.717) is 5.82 Å². The number of fused-ring (bicyclic) bond motifs is 1. The Kier molecular flexibility index (Phi) is 3.08. The molecular weight excluding hydrogens is 276 g/mol. The summed E-state index contributed by atoms with van der Waals surface area (Å²) in [5.41, 5.74) is 0.487. The van der Waals surface area contributed by atoms with E-state index in [4.69, 9.17) is 0 Å². The number of aromatic nitrogens is 4. The lowest BCUT2D eigenvalue weighted by Crippen LogP contribution is -2.30. The first-order chi connectivity index (χ1) is 9.47. The third-order valence-electron chi connectivity index (χ3n) is 3.62. The molecule has 0 radical (unpaired) electrons. The maximum absolute atomic E-state index is 11.2. The summed E-state index contributed by atoms with van der Waals surface area (Å²) >= 11 is 1.72. The lowest BCUT2D eigenvalue weighted by atomic mass is 9.94. The van der Waals surface area contributed by atoms with Gasteiger partial charge in [0.2, 0.25) is 0 Å². The molecule has 0 aliphatic heterocycles. The van der Waals surface area contributed by atoms with Crippen molar-refractivity contribution in [3.8, 4) is 10.7 Å². The Morgan fingerprint density at radius 3 is 3.00 bits per heavy atom. The van der Waals surface area contributed by atoms with E-state index in [0.717, 1.165) is 17.7 Å². The smallest absolute Gasteiger partial charge is 0.310 e. The topological polar surface area (TPSA) is 80.9 Å². The molecule has 3 rings (SSSR count). The minimum atomic E-state index is -0.899. The lowest BCUT2D eigenvalue weighted by molar-refractivity contribution is -0.147. The van der Waals surface area contributed by atoms with E-state index >= 15 is 0 Å². The molecule has 0 unspecified atom stereocenters. The quantitative estimate of drug-likeness (QED) is 0.932. The van der Waals surface area contributed by atoms with E-state index in [1.165, 1.54) is 16.9 Å². The van der Waals surface area contributed by atoms with Crippen LogP contribution < -0.4 is 0 Å². The molecule has 1 aliphatic carbocycles. The Balaban J connectivity index is 1.92. The van der Waals surface area contributed by atoms with Gasteiger partial charge in [0, 0.05) is 4.88 Å². The summed E-state index contributed by atoms with van der Waals surface area (Å²) in [7, 11) is 0. The summed E-state index contributed by atoms with van der Waals surface area (Å²) in [5, 5.41) is 20.9. The van der Waals surface area contributed by atoms with Crippen LogP contribution >= 0.6 is 11.3 Å². The molecule has 2 aromatic heterocycles. The summed E-state index contributed by atoms with van der Waals surface area (Å²) in [6.07, 6.45) is 3.47. The average molecular weight is 292 g/mol. The highest BCUT2D eigenvalue weighted by Gasteiger charge is 2.30. The van der Waals surface area contributed by atoms with Crippen LogP contribution in [-0.2, 0) is 24.2 Å². The number of aryl methyl sites for hydroxylation is 2. The number of tetrazole rings is 1. The number of thiophene rings is 1. The van der Waals surface area contributed by atoms with Crippen molar-refractivity contribution in [1.29, 1.82) is 0 Å². The van der Waals surface area contributed by atoms with Crippen LogP contribution in [-0.4, -0.2) is 31.3 Å². The van der Waals surface area contributed by atoms with Crippen molar-refractivity contribution in [1.82, 2.24) is 20.2 Å². The molecule has 2 aromatic rings. The number of carboxylic acid groups (broad SMARTS) is 1. The normalized spacial score (nSPS) is 14.5. The Labute approximate surface area is 120 Å². The van der Waals surface area contributed by atoms with Crippen LogP contribution in [0.25, 0.3) is 10.7 Å². The summed E-state index contributed by atoms with van der Waals surface area (Å²) in [4.78, 5) is 13.7. The standard InChI is InChI=1S/C13H16N4O2S/c1-13(2,12(18)19)7-17-11(14-15-16-17)10-6-8-4-3-5-9(8)20-10/h6H,3-5,7H2,1-2H3,(H,18,19). The molecule has 106 valence electrons. The van der Waals surface area contributed by atoms with Crippen LogP contribution in [0.3, 0.4) is 0 Å². The van der Waals surface area contributed by atoms with Gasteiger partial charge < -0.3 is 5.11 Å². The third kappa shape index (κ3) is 2.22. The Hall–Kier alpha value is -1.76. The molecule has 0 aromatic carbocycles. The Bertz CT molecular complexity index is 638. The molecule has 1 aliphatic rings. The fourth-order valence-corrected chi connectivity index (χ4v) is 3.61. The van der Waals surface area contributed by atoms with Crippen LogP contribution in [0, 0.1) is 5.41 Å². The van der Waals surface area contributed by atoms with E-state index in [1.54, 1.807) is 29.9 Å². The van der Waals surface area contributed by atoms with Crippen LogP contribution in [0.2, 0.25) is 0 Å². The zero-order valence-electron chi connectivity index (χ0n) is 11.5. The second-order valence-corrected chi connectivity index (χ2v) is 6.90. The monoisotopic (exact) mass is 292 g/mol. The molecule has 2 heterocycles. The Morgan fingerprint density at radius 2 is 2.30 bits per heavy atom. The van der Waals surface area contributed by atoms with Gasteiger partial charge in [0.05, 0.1) is 16.8 Å². The van der Waals surface area contributed by atoms with Gasteiger partial charge in [-0.25, -0.2) is 4.68 Å². The zero-order valence-corrected chi connectivity index (χ0v) is 12.3. The first-order valence-electron chi connectivity index (χ1n) is 6.59. The van der Waals surface area contributed by atoms with Gasteiger partial charge >= 0.3 is 5.97 Å². The van der Waals surface area contributed by atoms with Gasteiger partial charge in [-0.05, 0) is 55.2 Å². The van der Waals surface area contributed by atoms with E-state index in [-0.39, 0.29) is 6.54 Å². The molecule has 0 saturated heterocycles. The minimum Gasteiger partial charge on any atom is -0.481 e. The van der Waals surface area contributed by atoms with Crippen molar-refractivity contribution in [2.45, 2.75) is 39.7 Å². The molecule has 20 heavy (non-hydrogen) atoms. The van der Waals surface area contributed by atoms with E-state index in [1.807, 2.05) is 0 Å². The largest absolute Gasteiger partial charge is 0.481 e. The molecule has 0 atom stereocenters. The summed E-state index contributed by atoms with van der Waals surface area (Å²) in [6.45, 7) is 3.61. The summed E-state index contributed by atoms with van der Waals surface area (Å²) in [6, 6.07) is 2.14. The summed E-state index contributed by atoms with van der Waals surface area (Å²) in [5.74, 6) is -0.189. The first-order valence-corrected chi connectivity index (χ1v) is 7.40. The highest BCUT2D eigenvalue weighted by molar-refractivity contribution is 7.15. The van der Waals surface area contributed by atoms with Gasteiger partial charge in [-0.1, -0.05) is 0 Å². The van der Waals surface area contributed by atoms with Crippen molar-refractivity contribution in [3.05, 3.63) is 16.5 Å². The van der Waals surface area contributed by atoms with Gasteiger partial charge in [-0.3, -0.25) is 4.79 Å². The molecule has 7 heteroatoms. The molecule has 0 fully saturated rings.